The van der Waals surface area contributed by atoms with Crippen LogP contribution in [-0.2, 0) is 10.8 Å². The third kappa shape index (κ3) is 3.52. The Bertz CT molecular complexity index is 806. The number of hydrogen-bond acceptors (Lipinski definition) is 1. The van der Waals surface area contributed by atoms with Crippen molar-refractivity contribution in [1.29, 1.82) is 0 Å². The largest absolute Gasteiger partial charge is 0.404 e. The van der Waals surface area contributed by atoms with Crippen LogP contribution in [0.2, 0.25) is 5.54 Å². The van der Waals surface area contributed by atoms with Gasteiger partial charge in [0.1, 0.15) is 0 Å². The first-order valence-electron chi connectivity index (χ1n) is 10.0. The maximum atomic E-state index is 7.11. The molecule has 0 bridgehead atoms. The molecule has 1 aliphatic heterocycles. The lowest BCUT2D eigenvalue weighted by Crippen LogP contribution is -2.62. The summed E-state index contributed by atoms with van der Waals surface area (Å²) in [5.41, 5.74) is 1.95. The van der Waals surface area contributed by atoms with Gasteiger partial charge in [-0.3, -0.25) is 0 Å². The molecular weight excluding hydrogens is 344 g/mol. The molecule has 2 atom stereocenters. The maximum absolute atomic E-state index is 7.11. The zero-order valence-electron chi connectivity index (χ0n) is 16.2. The Morgan fingerprint density at radius 3 is 1.74 bits per heavy atom. The molecule has 1 aliphatic rings. The van der Waals surface area contributed by atoms with Crippen LogP contribution in [0.15, 0.2) is 91.0 Å². The van der Waals surface area contributed by atoms with Gasteiger partial charge in [-0.05, 0) is 40.2 Å². The van der Waals surface area contributed by atoms with Crippen LogP contribution < -0.4 is 10.4 Å². The van der Waals surface area contributed by atoms with Crippen molar-refractivity contribution in [2.45, 2.75) is 38.3 Å². The normalized spacial score (nSPS) is 21.4. The second kappa shape index (κ2) is 7.83. The second-order valence-electron chi connectivity index (χ2n) is 7.99. The molecule has 1 fully saturated rings. The summed E-state index contributed by atoms with van der Waals surface area (Å²) >= 11 is 0. The SMILES string of the molecule is CC(C)[C@@H]1C[C@H](Cc2ccccc2)[Si](c2ccccc2)(c2ccccc2)O1. The first-order valence-corrected chi connectivity index (χ1v) is 12.0. The van der Waals surface area contributed by atoms with E-state index < -0.39 is 8.32 Å². The van der Waals surface area contributed by atoms with Crippen molar-refractivity contribution < 1.29 is 4.43 Å². The Kier molecular flexibility index (Phi) is 5.28. The van der Waals surface area contributed by atoms with Crippen LogP contribution in [0.25, 0.3) is 0 Å². The fraction of sp³-hybridized carbons (Fsp3) is 0.280. The summed E-state index contributed by atoms with van der Waals surface area (Å²) in [6.45, 7) is 4.59. The highest BCUT2D eigenvalue weighted by Gasteiger charge is 2.54. The smallest absolute Gasteiger partial charge is 0.259 e. The minimum Gasteiger partial charge on any atom is -0.404 e. The van der Waals surface area contributed by atoms with Gasteiger partial charge in [0, 0.05) is 6.10 Å². The first-order chi connectivity index (χ1) is 13.2. The van der Waals surface area contributed by atoms with Gasteiger partial charge in [0.15, 0.2) is 0 Å². The highest BCUT2D eigenvalue weighted by atomic mass is 28.4. The summed E-state index contributed by atoms with van der Waals surface area (Å²) < 4.78 is 7.11. The molecule has 3 aromatic rings. The van der Waals surface area contributed by atoms with Gasteiger partial charge >= 0.3 is 0 Å². The Morgan fingerprint density at radius 2 is 1.26 bits per heavy atom. The summed E-state index contributed by atoms with van der Waals surface area (Å²) in [7, 11) is -2.32. The van der Waals surface area contributed by atoms with E-state index in [1.165, 1.54) is 15.9 Å². The van der Waals surface area contributed by atoms with E-state index in [9.17, 15) is 0 Å². The molecule has 1 nitrogen and oxygen atoms in total. The highest BCUT2D eigenvalue weighted by Crippen LogP contribution is 2.42. The fourth-order valence-electron chi connectivity index (χ4n) is 4.51. The van der Waals surface area contributed by atoms with Crippen molar-refractivity contribution in [3.8, 4) is 0 Å². The van der Waals surface area contributed by atoms with Crippen LogP contribution in [0, 0.1) is 5.92 Å². The third-order valence-electron chi connectivity index (χ3n) is 5.90. The Labute approximate surface area is 164 Å². The topological polar surface area (TPSA) is 9.23 Å². The van der Waals surface area contributed by atoms with Crippen molar-refractivity contribution >= 4 is 18.7 Å². The molecule has 0 spiro atoms. The van der Waals surface area contributed by atoms with Gasteiger partial charge in [0.2, 0.25) is 0 Å². The molecule has 0 aromatic heterocycles. The number of hydrogen-bond donors (Lipinski definition) is 0. The van der Waals surface area contributed by atoms with Crippen LogP contribution >= 0.6 is 0 Å². The minimum atomic E-state index is -2.32. The van der Waals surface area contributed by atoms with Crippen molar-refractivity contribution in [2.75, 3.05) is 0 Å². The summed E-state index contributed by atoms with van der Waals surface area (Å²) in [6.07, 6.45) is 2.55. The molecule has 0 radical (unpaired) electrons. The van der Waals surface area contributed by atoms with E-state index in [0.29, 0.717) is 17.6 Å². The lowest BCUT2D eigenvalue weighted by atomic mass is 9.99. The van der Waals surface area contributed by atoms with E-state index >= 15 is 0 Å². The van der Waals surface area contributed by atoms with Crippen LogP contribution in [0.1, 0.15) is 25.8 Å². The summed E-state index contributed by atoms with van der Waals surface area (Å²) in [6, 6.07) is 33.0. The predicted molar refractivity (Wildman–Crippen MR) is 116 cm³/mol. The summed E-state index contributed by atoms with van der Waals surface area (Å²) in [5.74, 6) is 0.532. The average Bonchev–Trinajstić information content (AvgIpc) is 3.11. The van der Waals surface area contributed by atoms with E-state index in [-0.39, 0.29) is 0 Å². The van der Waals surface area contributed by atoms with E-state index in [0.717, 1.165) is 12.8 Å². The Morgan fingerprint density at radius 1 is 0.778 bits per heavy atom. The lowest BCUT2D eigenvalue weighted by Gasteiger charge is -2.33. The molecule has 0 amide bonds. The van der Waals surface area contributed by atoms with Crippen LogP contribution in [0.4, 0.5) is 0 Å². The zero-order valence-corrected chi connectivity index (χ0v) is 17.2. The van der Waals surface area contributed by atoms with Crippen molar-refractivity contribution in [1.82, 2.24) is 0 Å². The molecule has 0 N–H and O–H groups in total. The first kappa shape index (κ1) is 18.2. The zero-order chi connectivity index (χ0) is 18.7. The summed E-state index contributed by atoms with van der Waals surface area (Å²) in [5, 5.41) is 2.81. The van der Waals surface area contributed by atoms with Gasteiger partial charge in [-0.15, -0.1) is 0 Å². The minimum absolute atomic E-state index is 0.325. The molecule has 2 heteroatoms. The van der Waals surface area contributed by atoms with Gasteiger partial charge < -0.3 is 4.43 Å². The molecule has 4 rings (SSSR count). The number of benzene rings is 3. The quantitative estimate of drug-likeness (QED) is 0.584. The standard InChI is InChI=1S/C25H28OSi/c1-20(2)25-19-24(18-21-12-6-3-7-13-21)27(26-25,22-14-8-4-9-15-22)23-16-10-5-11-17-23/h3-17,20,24-25H,18-19H2,1-2H3/t24-,25-/m0/s1. The van der Waals surface area contributed by atoms with Crippen molar-refractivity contribution in [2.24, 2.45) is 5.92 Å². The van der Waals surface area contributed by atoms with Crippen molar-refractivity contribution in [3.05, 3.63) is 96.6 Å². The Hall–Kier alpha value is -2.16. The molecule has 1 saturated heterocycles. The molecule has 0 unspecified atom stereocenters. The van der Waals surface area contributed by atoms with Crippen LogP contribution in [0.5, 0.6) is 0 Å². The number of rotatable bonds is 5. The van der Waals surface area contributed by atoms with Crippen LogP contribution in [-0.4, -0.2) is 14.4 Å². The molecule has 1 heterocycles. The van der Waals surface area contributed by atoms with Gasteiger partial charge in [0.05, 0.1) is 0 Å². The Balaban J connectivity index is 1.85. The van der Waals surface area contributed by atoms with E-state index in [2.05, 4.69) is 105 Å². The second-order valence-corrected chi connectivity index (χ2v) is 11.7. The van der Waals surface area contributed by atoms with Gasteiger partial charge in [-0.1, -0.05) is 105 Å². The van der Waals surface area contributed by atoms with Gasteiger partial charge in [0.25, 0.3) is 8.32 Å². The molecule has 138 valence electrons. The predicted octanol–water partition coefficient (Wildman–Crippen LogP) is 4.80. The molecule has 0 saturated carbocycles. The molecule has 0 aliphatic carbocycles. The van der Waals surface area contributed by atoms with Gasteiger partial charge in [-0.25, -0.2) is 0 Å². The summed E-state index contributed by atoms with van der Waals surface area (Å²) in [4.78, 5) is 0. The monoisotopic (exact) mass is 372 g/mol. The fourth-order valence-corrected chi connectivity index (χ4v) is 9.56. The van der Waals surface area contributed by atoms with Crippen LogP contribution in [0.3, 0.4) is 0 Å². The maximum Gasteiger partial charge on any atom is 0.259 e. The van der Waals surface area contributed by atoms with Gasteiger partial charge in [-0.2, -0.15) is 0 Å². The molecule has 27 heavy (non-hydrogen) atoms. The van der Waals surface area contributed by atoms with E-state index in [4.69, 9.17) is 4.43 Å². The molecular formula is C25H28OSi. The van der Waals surface area contributed by atoms with E-state index in [1.807, 2.05) is 0 Å². The lowest BCUT2D eigenvalue weighted by molar-refractivity contribution is 0.172. The molecule has 3 aromatic carbocycles. The third-order valence-corrected chi connectivity index (χ3v) is 10.5. The average molecular weight is 373 g/mol. The van der Waals surface area contributed by atoms with E-state index in [1.54, 1.807) is 0 Å². The highest BCUT2D eigenvalue weighted by molar-refractivity contribution is 6.99. The van der Waals surface area contributed by atoms with Crippen molar-refractivity contribution in [3.63, 3.8) is 0 Å².